The number of rotatable bonds is 5. The topological polar surface area (TPSA) is 20.3 Å². The van der Waals surface area contributed by atoms with Crippen molar-refractivity contribution in [1.29, 1.82) is 0 Å². The van der Waals surface area contributed by atoms with Gasteiger partial charge in [-0.25, -0.2) is 0 Å². The lowest BCUT2D eigenvalue weighted by Crippen LogP contribution is -2.33. The molecule has 1 aromatic rings. The van der Waals surface area contributed by atoms with Gasteiger partial charge in [-0.2, -0.15) is 0 Å². The van der Waals surface area contributed by atoms with Gasteiger partial charge < -0.3 is 4.90 Å². The zero-order chi connectivity index (χ0) is 12.0. The Bertz CT molecular complexity index is 343. The maximum Gasteiger partial charge on any atom is 0.229 e. The van der Waals surface area contributed by atoms with Gasteiger partial charge in [0.05, 0.1) is 5.92 Å². The molecule has 1 rings (SSSR count). The number of amides is 1. The Morgan fingerprint density at radius 1 is 1.31 bits per heavy atom. The van der Waals surface area contributed by atoms with Crippen LogP contribution in [0.25, 0.3) is 0 Å². The highest BCUT2D eigenvalue weighted by Gasteiger charge is 2.16. The summed E-state index contributed by atoms with van der Waals surface area (Å²) in [7, 11) is 0. The first-order valence-corrected chi connectivity index (χ1v) is 5.39. The molecule has 16 heavy (non-hydrogen) atoms. The number of carbonyl (C=O) groups excluding carboxylic acids is 1. The van der Waals surface area contributed by atoms with E-state index in [0.717, 1.165) is 11.5 Å². The molecule has 0 aliphatic carbocycles. The zero-order valence-corrected chi connectivity index (χ0v) is 9.94. The maximum atomic E-state index is 11.9. The van der Waals surface area contributed by atoms with Crippen LogP contribution in [0, 0.1) is 5.92 Å². The summed E-state index contributed by atoms with van der Waals surface area (Å²) in [6.07, 6.45) is 1.75. The van der Waals surface area contributed by atoms with E-state index in [1.807, 2.05) is 44.2 Å². The molecule has 2 heteroatoms. The first-order valence-electron chi connectivity index (χ1n) is 5.39. The van der Waals surface area contributed by atoms with Crippen molar-refractivity contribution in [2.75, 3.05) is 6.54 Å². The van der Waals surface area contributed by atoms with E-state index in [9.17, 15) is 4.79 Å². The molecule has 0 bridgehead atoms. The smallest absolute Gasteiger partial charge is 0.229 e. The molecule has 0 aliphatic heterocycles. The molecule has 85 valence electrons. The number of hydrogen-bond donors (Lipinski definition) is 0. The second-order valence-corrected chi connectivity index (χ2v) is 3.96. The molecule has 0 aromatic heterocycles. The Balaban J connectivity index is 2.72. The number of benzene rings is 1. The van der Waals surface area contributed by atoms with Gasteiger partial charge in [-0.1, -0.05) is 36.4 Å². The highest BCUT2D eigenvalue weighted by molar-refractivity contribution is 5.88. The quantitative estimate of drug-likeness (QED) is 0.693. The molecule has 0 atom stereocenters. The van der Waals surface area contributed by atoms with Crippen LogP contribution in [0.1, 0.15) is 19.4 Å². The third-order valence-electron chi connectivity index (χ3n) is 2.28. The molecule has 1 radical (unpaired) electrons. The lowest BCUT2D eigenvalue weighted by molar-refractivity contribution is -0.129. The van der Waals surface area contributed by atoms with E-state index in [4.69, 9.17) is 0 Å². The standard InChI is InChI=1S/C14H18NO/c1-4-10-15(14(16)12(2)3)11-13-8-6-5-7-9-13/h4-9H,1,10-11H2,2-3H3. The van der Waals surface area contributed by atoms with Crippen LogP contribution in [-0.4, -0.2) is 17.4 Å². The van der Waals surface area contributed by atoms with Gasteiger partial charge in [0, 0.05) is 13.1 Å². The van der Waals surface area contributed by atoms with E-state index in [2.05, 4.69) is 6.58 Å². The summed E-state index contributed by atoms with van der Waals surface area (Å²) in [5.41, 5.74) is 1.14. The Morgan fingerprint density at radius 2 is 1.94 bits per heavy atom. The van der Waals surface area contributed by atoms with Crippen LogP contribution < -0.4 is 0 Å². The molecule has 0 spiro atoms. The molecule has 0 saturated carbocycles. The number of carbonyl (C=O) groups is 1. The minimum absolute atomic E-state index is 0.0868. The van der Waals surface area contributed by atoms with E-state index in [0.29, 0.717) is 13.1 Å². The highest BCUT2D eigenvalue weighted by atomic mass is 16.2. The minimum Gasteiger partial charge on any atom is -0.334 e. The highest BCUT2D eigenvalue weighted by Crippen LogP contribution is 2.09. The predicted octanol–water partition coefficient (Wildman–Crippen LogP) is 2.82. The monoisotopic (exact) mass is 216 g/mol. The normalized spacial score (nSPS) is 10.2. The summed E-state index contributed by atoms with van der Waals surface area (Å²) in [5.74, 6) is 0.890. The molecule has 0 heterocycles. The van der Waals surface area contributed by atoms with Gasteiger partial charge in [0.15, 0.2) is 0 Å². The molecule has 0 fully saturated rings. The average molecular weight is 216 g/mol. The van der Waals surface area contributed by atoms with Crippen molar-refractivity contribution in [2.24, 2.45) is 0 Å². The van der Waals surface area contributed by atoms with Crippen molar-refractivity contribution in [3.8, 4) is 0 Å². The average Bonchev–Trinajstić information content (AvgIpc) is 2.29. The summed E-state index contributed by atoms with van der Waals surface area (Å²) in [4.78, 5) is 13.7. The van der Waals surface area contributed by atoms with Gasteiger partial charge >= 0.3 is 0 Å². The lowest BCUT2D eigenvalue weighted by atomic mass is 10.1. The van der Waals surface area contributed by atoms with E-state index >= 15 is 0 Å². The van der Waals surface area contributed by atoms with Gasteiger partial charge in [0.2, 0.25) is 5.91 Å². The summed E-state index contributed by atoms with van der Waals surface area (Å²) in [6, 6.07) is 9.98. The van der Waals surface area contributed by atoms with E-state index in [-0.39, 0.29) is 5.91 Å². The van der Waals surface area contributed by atoms with Crippen LogP contribution in [-0.2, 0) is 11.3 Å². The van der Waals surface area contributed by atoms with Crippen molar-refractivity contribution < 1.29 is 4.79 Å². The predicted molar refractivity (Wildman–Crippen MR) is 66.6 cm³/mol. The van der Waals surface area contributed by atoms with Gasteiger partial charge in [0.25, 0.3) is 0 Å². The van der Waals surface area contributed by atoms with Crippen molar-refractivity contribution in [3.05, 3.63) is 54.5 Å². The SMILES string of the molecule is C=CCN(Cc1ccccc1)C(=O)[C](C)C. The molecule has 2 nitrogen and oxygen atoms in total. The fourth-order valence-corrected chi connectivity index (χ4v) is 1.50. The Hall–Kier alpha value is -1.57. The molecule has 0 unspecified atom stereocenters. The molecule has 0 saturated heterocycles. The van der Waals surface area contributed by atoms with E-state index in [1.54, 1.807) is 11.0 Å². The van der Waals surface area contributed by atoms with Crippen molar-refractivity contribution >= 4 is 5.91 Å². The van der Waals surface area contributed by atoms with Gasteiger partial charge in [0.1, 0.15) is 0 Å². The fourth-order valence-electron chi connectivity index (χ4n) is 1.50. The Labute approximate surface area is 97.6 Å². The van der Waals surface area contributed by atoms with Crippen molar-refractivity contribution in [2.45, 2.75) is 20.4 Å². The third kappa shape index (κ3) is 3.54. The number of nitrogens with zero attached hydrogens (tertiary/aromatic N) is 1. The summed E-state index contributed by atoms with van der Waals surface area (Å²) < 4.78 is 0. The molecule has 0 aliphatic rings. The first-order chi connectivity index (χ1) is 7.65. The second kappa shape index (κ2) is 6.11. The molecule has 1 amide bonds. The fraction of sp³-hybridized carbons (Fsp3) is 0.286. The van der Waals surface area contributed by atoms with Gasteiger partial charge in [-0.05, 0) is 19.4 Å². The lowest BCUT2D eigenvalue weighted by Gasteiger charge is -2.22. The van der Waals surface area contributed by atoms with E-state index < -0.39 is 0 Å². The van der Waals surface area contributed by atoms with Crippen LogP contribution in [0.5, 0.6) is 0 Å². The first kappa shape index (κ1) is 12.5. The van der Waals surface area contributed by atoms with Crippen LogP contribution in [0.15, 0.2) is 43.0 Å². The van der Waals surface area contributed by atoms with Crippen LogP contribution in [0.4, 0.5) is 0 Å². The van der Waals surface area contributed by atoms with Gasteiger partial charge in [-0.3, -0.25) is 4.79 Å². The van der Waals surface area contributed by atoms with Crippen LogP contribution in [0.3, 0.4) is 0 Å². The second-order valence-electron chi connectivity index (χ2n) is 3.96. The van der Waals surface area contributed by atoms with Crippen molar-refractivity contribution in [3.63, 3.8) is 0 Å². The summed E-state index contributed by atoms with van der Waals surface area (Å²) >= 11 is 0. The molecular formula is C14H18NO. The molecular weight excluding hydrogens is 198 g/mol. The van der Waals surface area contributed by atoms with Crippen LogP contribution >= 0.6 is 0 Å². The van der Waals surface area contributed by atoms with Crippen LogP contribution in [0.2, 0.25) is 0 Å². The molecule has 1 aromatic carbocycles. The largest absolute Gasteiger partial charge is 0.334 e. The van der Waals surface area contributed by atoms with E-state index in [1.165, 1.54) is 0 Å². The zero-order valence-electron chi connectivity index (χ0n) is 9.94. The Morgan fingerprint density at radius 3 is 2.44 bits per heavy atom. The Kier molecular flexibility index (Phi) is 4.77. The van der Waals surface area contributed by atoms with Crippen molar-refractivity contribution in [1.82, 2.24) is 4.90 Å². The minimum atomic E-state index is 0.0868. The maximum absolute atomic E-state index is 11.9. The number of hydrogen-bond acceptors (Lipinski definition) is 1. The van der Waals surface area contributed by atoms with Gasteiger partial charge in [-0.15, -0.1) is 6.58 Å². The molecule has 0 N–H and O–H groups in total. The summed E-state index contributed by atoms with van der Waals surface area (Å²) in [5, 5.41) is 0. The summed E-state index contributed by atoms with van der Waals surface area (Å²) in [6.45, 7) is 8.57. The third-order valence-corrected chi connectivity index (χ3v) is 2.28.